The van der Waals surface area contributed by atoms with Crippen LogP contribution in [0, 0.1) is 20.8 Å². The minimum atomic E-state index is -0.585. The van der Waals surface area contributed by atoms with Crippen molar-refractivity contribution in [2.24, 2.45) is 0 Å². The molecule has 0 aromatic heterocycles. The summed E-state index contributed by atoms with van der Waals surface area (Å²) in [5.41, 5.74) is 4.00. The Morgan fingerprint density at radius 1 is 1.28 bits per heavy atom. The maximum Gasteiger partial charge on any atom is 0.321 e. The van der Waals surface area contributed by atoms with E-state index >= 15 is 0 Å². The van der Waals surface area contributed by atoms with E-state index in [1.54, 1.807) is 0 Å². The molecule has 0 spiro atoms. The highest BCUT2D eigenvalue weighted by Crippen LogP contribution is 2.38. The monoisotopic (exact) mass is 248 g/mol. The molecule has 2 rings (SSSR count). The third-order valence-electron chi connectivity index (χ3n) is 3.52. The maximum atomic E-state index is 12.2. The first-order valence-corrected chi connectivity index (χ1v) is 6.34. The van der Waals surface area contributed by atoms with Gasteiger partial charge in [-0.05, 0) is 44.4 Å². The molecule has 18 heavy (non-hydrogen) atoms. The van der Waals surface area contributed by atoms with Crippen molar-refractivity contribution in [3.05, 3.63) is 34.4 Å². The lowest BCUT2D eigenvalue weighted by Crippen LogP contribution is -2.54. The average molecular weight is 248 g/mol. The van der Waals surface area contributed by atoms with Crippen LogP contribution in [-0.2, 0) is 19.7 Å². The predicted molar refractivity (Wildman–Crippen MR) is 69.8 cm³/mol. The maximum absolute atomic E-state index is 12.2. The van der Waals surface area contributed by atoms with Gasteiger partial charge in [0.2, 0.25) is 0 Å². The second-order valence-electron chi connectivity index (χ2n) is 5.07. The Hall–Kier alpha value is -1.35. The van der Waals surface area contributed by atoms with E-state index in [9.17, 15) is 4.79 Å². The summed E-state index contributed by atoms with van der Waals surface area (Å²) in [4.78, 5) is 12.2. The van der Waals surface area contributed by atoms with Gasteiger partial charge in [0.1, 0.15) is 5.41 Å². The third-order valence-corrected chi connectivity index (χ3v) is 3.52. The Morgan fingerprint density at radius 3 is 2.22 bits per heavy atom. The molecule has 1 fully saturated rings. The Kier molecular flexibility index (Phi) is 3.44. The molecule has 1 aliphatic heterocycles. The Balaban J connectivity index is 2.48. The van der Waals surface area contributed by atoms with E-state index in [0.29, 0.717) is 19.8 Å². The van der Waals surface area contributed by atoms with Crippen molar-refractivity contribution < 1.29 is 14.3 Å². The van der Waals surface area contributed by atoms with Gasteiger partial charge in [0.15, 0.2) is 0 Å². The largest absolute Gasteiger partial charge is 0.465 e. The molecule has 0 N–H and O–H groups in total. The quantitative estimate of drug-likeness (QED) is 0.771. The van der Waals surface area contributed by atoms with E-state index < -0.39 is 5.41 Å². The van der Waals surface area contributed by atoms with E-state index in [1.807, 2.05) is 6.92 Å². The smallest absolute Gasteiger partial charge is 0.321 e. The lowest BCUT2D eigenvalue weighted by atomic mass is 9.74. The first kappa shape index (κ1) is 13.1. The zero-order valence-electron chi connectivity index (χ0n) is 11.5. The molecule has 98 valence electrons. The number of ether oxygens (including phenoxy) is 2. The molecule has 0 aliphatic carbocycles. The van der Waals surface area contributed by atoms with Crippen molar-refractivity contribution in [3.8, 4) is 0 Å². The molecule has 3 nitrogen and oxygen atoms in total. The van der Waals surface area contributed by atoms with Gasteiger partial charge in [0.05, 0.1) is 19.8 Å². The van der Waals surface area contributed by atoms with Gasteiger partial charge in [0, 0.05) is 0 Å². The molecule has 1 aliphatic rings. The van der Waals surface area contributed by atoms with Crippen molar-refractivity contribution in [2.75, 3.05) is 19.8 Å². The first-order chi connectivity index (χ1) is 8.51. The Morgan fingerprint density at radius 2 is 1.83 bits per heavy atom. The number of hydrogen-bond acceptors (Lipinski definition) is 3. The molecule has 0 radical (unpaired) electrons. The molecule has 3 heteroatoms. The van der Waals surface area contributed by atoms with Crippen LogP contribution in [0.25, 0.3) is 0 Å². The van der Waals surface area contributed by atoms with E-state index in [2.05, 4.69) is 32.9 Å². The summed E-state index contributed by atoms with van der Waals surface area (Å²) in [7, 11) is 0. The van der Waals surface area contributed by atoms with Crippen molar-refractivity contribution in [3.63, 3.8) is 0 Å². The van der Waals surface area contributed by atoms with Crippen LogP contribution in [-0.4, -0.2) is 25.8 Å². The summed E-state index contributed by atoms with van der Waals surface area (Å²) >= 11 is 0. The van der Waals surface area contributed by atoms with Gasteiger partial charge in [-0.15, -0.1) is 0 Å². The second kappa shape index (κ2) is 4.73. The standard InChI is InChI=1S/C15H20O3/c1-5-18-14(16)15(8-17-9-15)13-11(3)6-10(2)7-12(13)4/h6-7H,5,8-9H2,1-4H3. The number of hydrogen-bond donors (Lipinski definition) is 0. The predicted octanol–water partition coefficient (Wildman–Crippen LogP) is 2.44. The van der Waals surface area contributed by atoms with Crippen LogP contribution in [0.15, 0.2) is 12.1 Å². The molecular formula is C15H20O3. The van der Waals surface area contributed by atoms with Gasteiger partial charge < -0.3 is 9.47 Å². The fourth-order valence-electron chi connectivity index (χ4n) is 2.87. The highest BCUT2D eigenvalue weighted by molar-refractivity contribution is 5.86. The summed E-state index contributed by atoms with van der Waals surface area (Å²) in [5.74, 6) is -0.161. The minimum Gasteiger partial charge on any atom is -0.465 e. The van der Waals surface area contributed by atoms with E-state index in [-0.39, 0.29) is 5.97 Å². The SMILES string of the molecule is CCOC(=O)C1(c2c(C)cc(C)cc2C)COC1. The molecular weight excluding hydrogens is 228 g/mol. The lowest BCUT2D eigenvalue weighted by molar-refractivity contribution is -0.169. The molecule has 0 atom stereocenters. The number of esters is 1. The Bertz CT molecular complexity index is 450. The highest BCUT2D eigenvalue weighted by Gasteiger charge is 2.50. The number of aryl methyl sites for hydroxylation is 3. The number of carbonyl (C=O) groups excluding carboxylic acids is 1. The van der Waals surface area contributed by atoms with Gasteiger partial charge in [0.25, 0.3) is 0 Å². The van der Waals surface area contributed by atoms with Gasteiger partial charge in [-0.2, -0.15) is 0 Å². The van der Waals surface area contributed by atoms with Crippen LogP contribution in [0.1, 0.15) is 29.2 Å². The van der Waals surface area contributed by atoms with E-state index in [0.717, 1.165) is 16.7 Å². The van der Waals surface area contributed by atoms with Crippen molar-refractivity contribution in [1.82, 2.24) is 0 Å². The molecule has 1 saturated heterocycles. The fraction of sp³-hybridized carbons (Fsp3) is 0.533. The summed E-state index contributed by atoms with van der Waals surface area (Å²) in [5, 5.41) is 0. The molecule has 1 aromatic rings. The van der Waals surface area contributed by atoms with Crippen LogP contribution in [0.3, 0.4) is 0 Å². The number of rotatable bonds is 3. The van der Waals surface area contributed by atoms with Crippen LogP contribution in [0.4, 0.5) is 0 Å². The molecule has 1 heterocycles. The minimum absolute atomic E-state index is 0.161. The van der Waals surface area contributed by atoms with Gasteiger partial charge in [-0.3, -0.25) is 4.79 Å². The zero-order chi connectivity index (χ0) is 13.3. The highest BCUT2D eigenvalue weighted by atomic mass is 16.6. The molecule has 0 saturated carbocycles. The molecule has 0 amide bonds. The summed E-state index contributed by atoms with van der Waals surface area (Å²) in [6, 6.07) is 4.23. The third kappa shape index (κ3) is 1.93. The molecule has 1 aromatic carbocycles. The summed E-state index contributed by atoms with van der Waals surface area (Å²) < 4.78 is 10.5. The topological polar surface area (TPSA) is 35.5 Å². The van der Waals surface area contributed by atoms with Gasteiger partial charge in [-0.25, -0.2) is 0 Å². The number of carbonyl (C=O) groups is 1. The van der Waals surface area contributed by atoms with Crippen molar-refractivity contribution in [1.29, 1.82) is 0 Å². The van der Waals surface area contributed by atoms with E-state index in [1.165, 1.54) is 5.56 Å². The normalized spacial score (nSPS) is 17.1. The zero-order valence-corrected chi connectivity index (χ0v) is 11.5. The average Bonchev–Trinajstić information content (AvgIpc) is 2.20. The second-order valence-corrected chi connectivity index (χ2v) is 5.07. The van der Waals surface area contributed by atoms with Gasteiger partial charge in [-0.1, -0.05) is 17.7 Å². The fourth-order valence-corrected chi connectivity index (χ4v) is 2.87. The lowest BCUT2D eigenvalue weighted by Gasteiger charge is -2.41. The van der Waals surface area contributed by atoms with Crippen molar-refractivity contribution in [2.45, 2.75) is 33.1 Å². The van der Waals surface area contributed by atoms with Crippen LogP contribution < -0.4 is 0 Å². The van der Waals surface area contributed by atoms with Crippen LogP contribution >= 0.6 is 0 Å². The Labute approximate surface area is 108 Å². The number of benzene rings is 1. The van der Waals surface area contributed by atoms with Crippen LogP contribution in [0.5, 0.6) is 0 Å². The molecule has 0 bridgehead atoms. The summed E-state index contributed by atoms with van der Waals surface area (Å²) in [6.45, 7) is 9.26. The van der Waals surface area contributed by atoms with Crippen molar-refractivity contribution >= 4 is 5.97 Å². The summed E-state index contributed by atoms with van der Waals surface area (Å²) in [6.07, 6.45) is 0. The molecule has 0 unspecified atom stereocenters. The van der Waals surface area contributed by atoms with Gasteiger partial charge >= 0.3 is 5.97 Å². The first-order valence-electron chi connectivity index (χ1n) is 6.34. The van der Waals surface area contributed by atoms with E-state index in [4.69, 9.17) is 9.47 Å². The van der Waals surface area contributed by atoms with Crippen LogP contribution in [0.2, 0.25) is 0 Å².